The summed E-state index contributed by atoms with van der Waals surface area (Å²) in [7, 11) is 1.71. The molecule has 8 nitrogen and oxygen atoms in total. The van der Waals surface area contributed by atoms with E-state index in [2.05, 4.69) is 36.2 Å². The third-order valence-electron chi connectivity index (χ3n) is 2.41. The Bertz CT molecular complexity index is 571. The molecule has 0 aromatic carbocycles. The van der Waals surface area contributed by atoms with Crippen LogP contribution in [0, 0.1) is 0 Å². The van der Waals surface area contributed by atoms with Gasteiger partial charge in [-0.2, -0.15) is 5.21 Å². The molecule has 1 atom stereocenters. The molecule has 2 aromatic heterocycles. The van der Waals surface area contributed by atoms with Gasteiger partial charge in [-0.3, -0.25) is 4.79 Å². The molecule has 1 unspecified atom stereocenters. The van der Waals surface area contributed by atoms with Gasteiger partial charge in [0.1, 0.15) is 11.5 Å². The van der Waals surface area contributed by atoms with Gasteiger partial charge < -0.3 is 10.6 Å². The smallest absolute Gasteiger partial charge is 0.272 e. The number of anilines is 1. The van der Waals surface area contributed by atoms with E-state index >= 15 is 0 Å². The van der Waals surface area contributed by atoms with Crippen LogP contribution in [0.3, 0.4) is 0 Å². The average molecular weight is 282 g/mol. The van der Waals surface area contributed by atoms with Crippen molar-refractivity contribution in [3.8, 4) is 0 Å². The summed E-state index contributed by atoms with van der Waals surface area (Å²) in [4.78, 5) is 16.2. The maximum atomic E-state index is 12.1. The van der Waals surface area contributed by atoms with Gasteiger partial charge in [-0.15, -0.1) is 10.2 Å². The molecular weight excluding hydrogens is 270 g/mol. The normalized spacial score (nSPS) is 11.9. The topological polar surface area (TPSA) is 108 Å². The Morgan fingerprint density at radius 2 is 2.26 bits per heavy atom. The molecule has 0 spiro atoms. The van der Waals surface area contributed by atoms with Crippen molar-refractivity contribution >= 4 is 23.3 Å². The fraction of sp³-hybridized carbons (Fsp3) is 0.300. The standard InChI is InChI=1S/C10H12ClN7O/c1-5(9-15-17-18-16-9)13-10(19)8-6(11)3-4-7(12-2)14-8/h3-5H,1-2H3,(H,12,14)(H,13,19)(H,15,16,17,18). The van der Waals surface area contributed by atoms with E-state index in [0.717, 1.165) is 0 Å². The van der Waals surface area contributed by atoms with Crippen LogP contribution >= 0.6 is 11.6 Å². The molecule has 0 radical (unpaired) electrons. The van der Waals surface area contributed by atoms with Crippen LogP contribution in [0.4, 0.5) is 5.82 Å². The third-order valence-corrected chi connectivity index (χ3v) is 2.72. The molecule has 0 saturated carbocycles. The molecule has 2 rings (SSSR count). The number of hydrogen-bond acceptors (Lipinski definition) is 6. The summed E-state index contributed by atoms with van der Waals surface area (Å²) in [5.41, 5.74) is 0.142. The van der Waals surface area contributed by atoms with Crippen LogP contribution in [0.2, 0.25) is 5.02 Å². The van der Waals surface area contributed by atoms with E-state index in [1.54, 1.807) is 26.1 Å². The summed E-state index contributed by atoms with van der Waals surface area (Å²) in [6, 6.07) is 2.89. The molecule has 0 aliphatic carbocycles. The zero-order chi connectivity index (χ0) is 13.8. The number of aromatic amines is 1. The van der Waals surface area contributed by atoms with Crippen LogP contribution in [-0.2, 0) is 0 Å². The number of carbonyl (C=O) groups excluding carboxylic acids is 1. The minimum absolute atomic E-state index is 0.142. The highest BCUT2D eigenvalue weighted by Gasteiger charge is 2.18. The molecule has 9 heteroatoms. The first-order valence-electron chi connectivity index (χ1n) is 5.50. The largest absolute Gasteiger partial charge is 0.373 e. The molecule has 0 fully saturated rings. The van der Waals surface area contributed by atoms with Crippen molar-refractivity contribution in [1.29, 1.82) is 0 Å². The molecule has 19 heavy (non-hydrogen) atoms. The van der Waals surface area contributed by atoms with Crippen molar-refractivity contribution in [2.75, 3.05) is 12.4 Å². The van der Waals surface area contributed by atoms with E-state index in [-0.39, 0.29) is 10.7 Å². The Kier molecular flexibility index (Phi) is 3.91. The number of pyridine rings is 1. The van der Waals surface area contributed by atoms with Gasteiger partial charge in [-0.05, 0) is 19.1 Å². The quantitative estimate of drug-likeness (QED) is 0.764. The first kappa shape index (κ1) is 13.2. The molecular formula is C10H12ClN7O. The van der Waals surface area contributed by atoms with Crippen LogP contribution in [-0.4, -0.2) is 38.6 Å². The fourth-order valence-corrected chi connectivity index (χ4v) is 1.61. The summed E-state index contributed by atoms with van der Waals surface area (Å²) in [5, 5.41) is 19.1. The van der Waals surface area contributed by atoms with Gasteiger partial charge in [0.2, 0.25) is 0 Å². The second kappa shape index (κ2) is 5.61. The second-order valence-electron chi connectivity index (χ2n) is 3.74. The zero-order valence-electron chi connectivity index (χ0n) is 10.3. The molecule has 0 aliphatic rings. The van der Waals surface area contributed by atoms with Crippen LogP contribution < -0.4 is 10.6 Å². The number of halogens is 1. The minimum atomic E-state index is -0.403. The molecule has 3 N–H and O–H groups in total. The van der Waals surface area contributed by atoms with Crippen molar-refractivity contribution in [2.45, 2.75) is 13.0 Å². The molecule has 2 heterocycles. The number of rotatable bonds is 4. The van der Waals surface area contributed by atoms with Gasteiger partial charge in [0.15, 0.2) is 5.82 Å². The predicted molar refractivity (Wildman–Crippen MR) is 68.9 cm³/mol. The molecule has 2 aromatic rings. The molecule has 100 valence electrons. The van der Waals surface area contributed by atoms with Crippen LogP contribution in [0.15, 0.2) is 12.1 Å². The van der Waals surface area contributed by atoms with E-state index in [1.807, 2.05) is 0 Å². The van der Waals surface area contributed by atoms with Gasteiger partial charge in [-0.1, -0.05) is 16.8 Å². The highest BCUT2D eigenvalue weighted by Crippen LogP contribution is 2.17. The number of nitrogens with zero attached hydrogens (tertiary/aromatic N) is 4. The van der Waals surface area contributed by atoms with Crippen LogP contribution in [0.5, 0.6) is 0 Å². The molecule has 0 saturated heterocycles. The van der Waals surface area contributed by atoms with Crippen molar-refractivity contribution in [2.24, 2.45) is 0 Å². The summed E-state index contributed by atoms with van der Waals surface area (Å²) in [5.74, 6) is 0.537. The van der Waals surface area contributed by atoms with Crippen molar-refractivity contribution < 1.29 is 4.79 Å². The maximum absolute atomic E-state index is 12.1. The summed E-state index contributed by atoms with van der Waals surface area (Å²) >= 11 is 5.96. The van der Waals surface area contributed by atoms with E-state index in [1.165, 1.54) is 0 Å². The number of amides is 1. The monoisotopic (exact) mass is 281 g/mol. The fourth-order valence-electron chi connectivity index (χ4n) is 1.42. The predicted octanol–water partition coefficient (Wildman–Crippen LogP) is 0.781. The zero-order valence-corrected chi connectivity index (χ0v) is 11.1. The lowest BCUT2D eigenvalue weighted by molar-refractivity contribution is 0.0933. The van der Waals surface area contributed by atoms with E-state index in [9.17, 15) is 4.79 Å². The lowest BCUT2D eigenvalue weighted by Crippen LogP contribution is -2.28. The molecule has 1 amide bonds. The van der Waals surface area contributed by atoms with E-state index < -0.39 is 11.9 Å². The highest BCUT2D eigenvalue weighted by molar-refractivity contribution is 6.33. The average Bonchev–Trinajstić information content (AvgIpc) is 2.93. The van der Waals surface area contributed by atoms with Crippen molar-refractivity contribution in [3.05, 3.63) is 28.7 Å². The highest BCUT2D eigenvalue weighted by atomic mass is 35.5. The Morgan fingerprint density at radius 1 is 1.47 bits per heavy atom. The van der Waals surface area contributed by atoms with Gasteiger partial charge in [0.25, 0.3) is 5.91 Å². The number of H-pyrrole nitrogens is 1. The lowest BCUT2D eigenvalue weighted by atomic mass is 10.2. The minimum Gasteiger partial charge on any atom is -0.373 e. The van der Waals surface area contributed by atoms with Crippen molar-refractivity contribution in [3.63, 3.8) is 0 Å². The second-order valence-corrected chi connectivity index (χ2v) is 4.15. The number of tetrazole rings is 1. The van der Waals surface area contributed by atoms with Crippen LogP contribution in [0.25, 0.3) is 0 Å². The first-order valence-corrected chi connectivity index (χ1v) is 5.88. The summed E-state index contributed by atoms with van der Waals surface area (Å²) < 4.78 is 0. The van der Waals surface area contributed by atoms with Gasteiger partial charge in [-0.25, -0.2) is 4.98 Å². The summed E-state index contributed by atoms with van der Waals surface area (Å²) in [6.45, 7) is 1.73. The maximum Gasteiger partial charge on any atom is 0.272 e. The first-order chi connectivity index (χ1) is 9.11. The van der Waals surface area contributed by atoms with Gasteiger partial charge >= 0.3 is 0 Å². The van der Waals surface area contributed by atoms with Crippen molar-refractivity contribution in [1.82, 2.24) is 30.9 Å². The van der Waals surface area contributed by atoms with Gasteiger partial charge in [0, 0.05) is 7.05 Å². The Labute approximate surface area is 114 Å². The number of nitrogens with one attached hydrogen (secondary N) is 3. The lowest BCUT2D eigenvalue weighted by Gasteiger charge is -2.11. The number of aromatic nitrogens is 5. The Balaban J connectivity index is 2.16. The third kappa shape index (κ3) is 2.97. The van der Waals surface area contributed by atoms with E-state index in [4.69, 9.17) is 11.6 Å². The SMILES string of the molecule is CNc1ccc(Cl)c(C(=O)NC(C)c2nn[nH]n2)n1. The summed E-state index contributed by atoms with van der Waals surface area (Å²) in [6.07, 6.45) is 0. The van der Waals surface area contributed by atoms with Crippen LogP contribution in [0.1, 0.15) is 29.3 Å². The molecule has 0 bridgehead atoms. The Morgan fingerprint density at radius 3 is 2.89 bits per heavy atom. The van der Waals surface area contributed by atoms with E-state index in [0.29, 0.717) is 11.6 Å². The number of hydrogen-bond donors (Lipinski definition) is 3. The van der Waals surface area contributed by atoms with Gasteiger partial charge in [0.05, 0.1) is 11.1 Å². The molecule has 0 aliphatic heterocycles. The Hall–Kier alpha value is -2.22. The number of carbonyl (C=O) groups is 1.